The average Bonchev–Trinajstić information content (AvgIpc) is 2.68. The normalized spacial score (nSPS) is 11.3. The maximum Gasteiger partial charge on any atom is 0.253 e. The molecule has 0 heterocycles. The average molecular weight is 355 g/mol. The number of benzene rings is 3. The monoisotopic (exact) mass is 355 g/mol. The summed E-state index contributed by atoms with van der Waals surface area (Å²) in [6.45, 7) is 4.16. The molecule has 0 unspecified atom stereocenters. The highest BCUT2D eigenvalue weighted by molar-refractivity contribution is 6.03. The summed E-state index contributed by atoms with van der Waals surface area (Å²) < 4.78 is 0. The molecule has 3 rings (SSSR count). The summed E-state index contributed by atoms with van der Waals surface area (Å²) in [6, 6.07) is 24.7. The number of rotatable bonds is 4. The molecule has 0 aliphatic rings. The van der Waals surface area contributed by atoms with Crippen LogP contribution in [0.5, 0.6) is 0 Å². The largest absolute Gasteiger partial charge is 0.345 e. The molecule has 0 aliphatic heterocycles. The SMILES string of the molecule is Cc1ccc(/C=C(\c2ccc(C)cc2)c2ccccc2C(=O)N(C)C)cc1. The van der Waals surface area contributed by atoms with Gasteiger partial charge >= 0.3 is 0 Å². The van der Waals surface area contributed by atoms with Gasteiger partial charge in [-0.05, 0) is 48.3 Å². The minimum atomic E-state index is 0.00696. The van der Waals surface area contributed by atoms with E-state index in [1.807, 2.05) is 24.3 Å². The zero-order valence-corrected chi connectivity index (χ0v) is 16.4. The van der Waals surface area contributed by atoms with E-state index in [4.69, 9.17) is 0 Å². The lowest BCUT2D eigenvalue weighted by Gasteiger charge is -2.17. The van der Waals surface area contributed by atoms with Gasteiger partial charge in [-0.25, -0.2) is 0 Å². The first-order valence-corrected chi connectivity index (χ1v) is 9.12. The third-order valence-electron chi connectivity index (χ3n) is 4.60. The van der Waals surface area contributed by atoms with Crippen molar-refractivity contribution in [2.45, 2.75) is 13.8 Å². The van der Waals surface area contributed by atoms with Gasteiger partial charge in [0.05, 0.1) is 0 Å². The minimum Gasteiger partial charge on any atom is -0.345 e. The quantitative estimate of drug-likeness (QED) is 0.558. The standard InChI is InChI=1S/C25H25NO/c1-18-9-13-20(14-10-18)17-24(21-15-11-19(2)12-16-21)22-7-5-6-8-23(22)25(27)26(3)4/h5-17H,1-4H3/b24-17+. The molecule has 27 heavy (non-hydrogen) atoms. The van der Waals surface area contributed by atoms with Gasteiger partial charge in [0.25, 0.3) is 5.91 Å². The summed E-state index contributed by atoms with van der Waals surface area (Å²) in [5, 5.41) is 0. The Hall–Kier alpha value is -3.13. The molecule has 2 heteroatoms. The first-order chi connectivity index (χ1) is 13.0. The molecule has 0 aliphatic carbocycles. The molecule has 0 N–H and O–H groups in total. The van der Waals surface area contributed by atoms with Gasteiger partial charge in [-0.1, -0.05) is 77.9 Å². The first kappa shape index (κ1) is 18.7. The molecular weight excluding hydrogens is 330 g/mol. The van der Waals surface area contributed by atoms with E-state index in [1.165, 1.54) is 11.1 Å². The second kappa shape index (κ2) is 8.05. The minimum absolute atomic E-state index is 0.00696. The summed E-state index contributed by atoms with van der Waals surface area (Å²) in [6.07, 6.45) is 2.16. The number of nitrogens with zero attached hydrogens (tertiary/aromatic N) is 1. The number of hydrogen-bond acceptors (Lipinski definition) is 1. The van der Waals surface area contributed by atoms with Crippen molar-refractivity contribution in [2.24, 2.45) is 0 Å². The van der Waals surface area contributed by atoms with E-state index in [1.54, 1.807) is 19.0 Å². The van der Waals surface area contributed by atoms with Gasteiger partial charge in [0.1, 0.15) is 0 Å². The zero-order chi connectivity index (χ0) is 19.4. The van der Waals surface area contributed by atoms with Crippen molar-refractivity contribution in [3.8, 4) is 0 Å². The molecule has 3 aromatic carbocycles. The molecule has 0 saturated carbocycles. The van der Waals surface area contributed by atoms with Crippen LogP contribution in [0, 0.1) is 13.8 Å². The lowest BCUT2D eigenvalue weighted by Crippen LogP contribution is -2.22. The Morgan fingerprint density at radius 2 is 1.26 bits per heavy atom. The zero-order valence-electron chi connectivity index (χ0n) is 16.4. The maximum atomic E-state index is 12.8. The lowest BCUT2D eigenvalue weighted by atomic mass is 9.91. The van der Waals surface area contributed by atoms with Crippen LogP contribution in [0.2, 0.25) is 0 Å². The molecule has 0 fully saturated rings. The predicted molar refractivity (Wildman–Crippen MR) is 114 cm³/mol. The smallest absolute Gasteiger partial charge is 0.253 e. The lowest BCUT2D eigenvalue weighted by molar-refractivity contribution is 0.0827. The molecule has 0 atom stereocenters. The number of hydrogen-bond donors (Lipinski definition) is 0. The van der Waals surface area contributed by atoms with E-state index in [9.17, 15) is 4.79 Å². The fourth-order valence-corrected chi connectivity index (χ4v) is 3.02. The van der Waals surface area contributed by atoms with Crippen LogP contribution in [0.1, 0.15) is 38.2 Å². The maximum absolute atomic E-state index is 12.8. The predicted octanol–water partition coefficient (Wildman–Crippen LogP) is 5.59. The molecule has 0 spiro atoms. The second-order valence-electron chi connectivity index (χ2n) is 7.08. The molecule has 2 nitrogen and oxygen atoms in total. The van der Waals surface area contributed by atoms with Crippen LogP contribution >= 0.6 is 0 Å². The van der Waals surface area contributed by atoms with Gasteiger partial charge in [-0.15, -0.1) is 0 Å². The Balaban J connectivity index is 2.21. The van der Waals surface area contributed by atoms with Crippen molar-refractivity contribution in [1.29, 1.82) is 0 Å². The van der Waals surface area contributed by atoms with Gasteiger partial charge in [-0.2, -0.15) is 0 Å². The van der Waals surface area contributed by atoms with E-state index in [2.05, 4.69) is 68.5 Å². The summed E-state index contributed by atoms with van der Waals surface area (Å²) in [5.74, 6) is 0.00696. The van der Waals surface area contributed by atoms with E-state index in [-0.39, 0.29) is 5.91 Å². The van der Waals surface area contributed by atoms with Crippen molar-refractivity contribution in [2.75, 3.05) is 14.1 Å². The summed E-state index contributed by atoms with van der Waals surface area (Å²) in [5.41, 5.74) is 7.36. The number of amides is 1. The Labute approximate surface area is 161 Å². The van der Waals surface area contributed by atoms with Crippen molar-refractivity contribution in [3.63, 3.8) is 0 Å². The van der Waals surface area contributed by atoms with Crippen molar-refractivity contribution < 1.29 is 4.79 Å². The highest BCUT2D eigenvalue weighted by atomic mass is 16.2. The van der Waals surface area contributed by atoms with Gasteiger partial charge in [0.2, 0.25) is 0 Å². The highest BCUT2D eigenvalue weighted by Gasteiger charge is 2.16. The fourth-order valence-electron chi connectivity index (χ4n) is 3.02. The second-order valence-corrected chi connectivity index (χ2v) is 7.08. The van der Waals surface area contributed by atoms with Crippen LogP contribution < -0.4 is 0 Å². The van der Waals surface area contributed by atoms with Crippen LogP contribution in [0.3, 0.4) is 0 Å². The summed E-state index contributed by atoms with van der Waals surface area (Å²) in [7, 11) is 3.57. The number of aryl methyl sites for hydroxylation is 2. The fraction of sp³-hybridized carbons (Fsp3) is 0.160. The van der Waals surface area contributed by atoms with E-state index in [0.29, 0.717) is 5.56 Å². The topological polar surface area (TPSA) is 20.3 Å². The number of carbonyl (C=O) groups excluding carboxylic acids is 1. The van der Waals surface area contributed by atoms with Gasteiger partial charge in [0, 0.05) is 19.7 Å². The Morgan fingerprint density at radius 3 is 1.81 bits per heavy atom. The Morgan fingerprint density at radius 1 is 0.741 bits per heavy atom. The van der Waals surface area contributed by atoms with Crippen LogP contribution in [-0.4, -0.2) is 24.9 Å². The highest BCUT2D eigenvalue weighted by Crippen LogP contribution is 2.29. The Kier molecular flexibility index (Phi) is 5.56. The molecule has 0 bridgehead atoms. The van der Waals surface area contributed by atoms with Crippen molar-refractivity contribution in [1.82, 2.24) is 4.90 Å². The van der Waals surface area contributed by atoms with E-state index < -0.39 is 0 Å². The first-order valence-electron chi connectivity index (χ1n) is 9.12. The molecule has 1 amide bonds. The molecule has 3 aromatic rings. The molecular formula is C25H25NO. The van der Waals surface area contributed by atoms with Crippen LogP contribution in [-0.2, 0) is 0 Å². The summed E-state index contributed by atoms with van der Waals surface area (Å²) in [4.78, 5) is 14.4. The summed E-state index contributed by atoms with van der Waals surface area (Å²) >= 11 is 0. The van der Waals surface area contributed by atoms with Crippen molar-refractivity contribution in [3.05, 3.63) is 106 Å². The van der Waals surface area contributed by atoms with E-state index >= 15 is 0 Å². The van der Waals surface area contributed by atoms with Gasteiger partial charge in [-0.3, -0.25) is 4.79 Å². The molecule has 0 aromatic heterocycles. The molecule has 0 radical (unpaired) electrons. The van der Waals surface area contributed by atoms with Crippen LogP contribution in [0.15, 0.2) is 72.8 Å². The van der Waals surface area contributed by atoms with E-state index in [0.717, 1.165) is 22.3 Å². The Bertz CT molecular complexity index is 964. The number of carbonyl (C=O) groups is 1. The molecule has 136 valence electrons. The third kappa shape index (κ3) is 4.35. The van der Waals surface area contributed by atoms with Gasteiger partial charge in [0.15, 0.2) is 0 Å². The van der Waals surface area contributed by atoms with Gasteiger partial charge < -0.3 is 4.90 Å². The van der Waals surface area contributed by atoms with Crippen molar-refractivity contribution >= 4 is 17.6 Å². The third-order valence-corrected chi connectivity index (χ3v) is 4.60. The molecule has 0 saturated heterocycles. The van der Waals surface area contributed by atoms with Crippen LogP contribution in [0.25, 0.3) is 11.6 Å². The van der Waals surface area contributed by atoms with Crippen LogP contribution in [0.4, 0.5) is 0 Å².